The highest BCUT2D eigenvalue weighted by Crippen LogP contribution is 2.21. The third-order valence-electron chi connectivity index (χ3n) is 4.41. The average Bonchev–Trinajstić information content (AvgIpc) is 2.69. The van der Waals surface area contributed by atoms with E-state index in [9.17, 15) is 0 Å². The van der Waals surface area contributed by atoms with Crippen LogP contribution in [0.4, 0.5) is 0 Å². The number of benzene rings is 2. The Kier molecular flexibility index (Phi) is 10.4. The Balaban J connectivity index is 1.66. The summed E-state index contributed by atoms with van der Waals surface area (Å²) in [7, 11) is 0. The fraction of sp³-hybridized carbons (Fsp3) is 0.435. The Hall–Kier alpha value is -2.00. The molecule has 0 unspecified atom stereocenters. The van der Waals surface area contributed by atoms with Gasteiger partial charge in [-0.1, -0.05) is 87.4 Å². The van der Waals surface area contributed by atoms with Crippen LogP contribution in [0.25, 0.3) is 0 Å². The molecule has 0 saturated carbocycles. The van der Waals surface area contributed by atoms with Crippen LogP contribution in [0, 0.1) is 0 Å². The molecule has 0 aliphatic rings. The maximum Gasteiger partial charge on any atom is 0.120 e. The van der Waals surface area contributed by atoms with Crippen molar-refractivity contribution >= 4 is 17.8 Å². The first-order valence-electron chi connectivity index (χ1n) is 10.0. The molecule has 2 aromatic carbocycles. The molecular formula is C23H31ClN2O. The van der Waals surface area contributed by atoms with Gasteiger partial charge < -0.3 is 10.2 Å². The summed E-state index contributed by atoms with van der Waals surface area (Å²) in [6.45, 7) is 3.68. The number of rotatable bonds is 13. The van der Waals surface area contributed by atoms with E-state index < -0.39 is 0 Å². The molecule has 2 aromatic rings. The second kappa shape index (κ2) is 13.2. The van der Waals surface area contributed by atoms with Gasteiger partial charge in [0, 0.05) is 5.56 Å². The van der Waals surface area contributed by atoms with Gasteiger partial charge in [-0.3, -0.25) is 0 Å². The first kappa shape index (κ1) is 21.3. The van der Waals surface area contributed by atoms with Crippen LogP contribution in [0.3, 0.4) is 0 Å². The van der Waals surface area contributed by atoms with Gasteiger partial charge >= 0.3 is 0 Å². The lowest BCUT2D eigenvalue weighted by molar-refractivity contribution is 0.304. The van der Waals surface area contributed by atoms with Crippen molar-refractivity contribution < 1.29 is 4.74 Å². The molecule has 2 rings (SSSR count). The summed E-state index contributed by atoms with van der Waals surface area (Å²) in [5, 5.41) is 4.89. The predicted octanol–water partition coefficient (Wildman–Crippen LogP) is 6.59. The van der Waals surface area contributed by atoms with Crippen molar-refractivity contribution in [1.29, 1.82) is 0 Å². The van der Waals surface area contributed by atoms with Gasteiger partial charge in [0.1, 0.15) is 5.75 Å². The van der Waals surface area contributed by atoms with Gasteiger partial charge in [0.05, 0.1) is 24.4 Å². The molecule has 0 spiro atoms. The second-order valence-electron chi connectivity index (χ2n) is 6.73. The van der Waals surface area contributed by atoms with Crippen molar-refractivity contribution in [3.8, 4) is 5.75 Å². The number of halogens is 1. The van der Waals surface area contributed by atoms with Crippen LogP contribution in [0.15, 0.2) is 53.6 Å². The van der Waals surface area contributed by atoms with Gasteiger partial charge in [0.2, 0.25) is 0 Å². The van der Waals surface area contributed by atoms with Crippen molar-refractivity contribution in [2.45, 2.75) is 58.4 Å². The molecule has 0 aromatic heterocycles. The van der Waals surface area contributed by atoms with Crippen LogP contribution in [-0.4, -0.2) is 12.8 Å². The van der Waals surface area contributed by atoms with Crippen molar-refractivity contribution in [1.82, 2.24) is 5.43 Å². The van der Waals surface area contributed by atoms with E-state index in [1.165, 1.54) is 44.1 Å². The van der Waals surface area contributed by atoms with Crippen LogP contribution in [0.2, 0.25) is 5.02 Å². The molecule has 3 nitrogen and oxygen atoms in total. The zero-order chi connectivity index (χ0) is 19.2. The lowest BCUT2D eigenvalue weighted by Gasteiger charge is -2.08. The summed E-state index contributed by atoms with van der Waals surface area (Å²) in [6.07, 6.45) is 10.7. The van der Waals surface area contributed by atoms with Crippen LogP contribution in [-0.2, 0) is 6.54 Å². The molecule has 1 N–H and O–H groups in total. The van der Waals surface area contributed by atoms with Crippen LogP contribution in [0.1, 0.15) is 63.0 Å². The summed E-state index contributed by atoms with van der Waals surface area (Å²) < 4.78 is 5.81. The molecule has 0 aliphatic heterocycles. The number of nitrogens with zero attached hydrogens (tertiary/aromatic N) is 1. The molecule has 4 heteroatoms. The number of ether oxygens (including phenoxy) is 1. The Morgan fingerprint density at radius 1 is 0.963 bits per heavy atom. The number of unbranched alkanes of at least 4 members (excludes halogenated alkanes) is 6. The summed E-state index contributed by atoms with van der Waals surface area (Å²) in [4.78, 5) is 0. The highest BCUT2D eigenvalue weighted by molar-refractivity contribution is 6.33. The van der Waals surface area contributed by atoms with Crippen molar-refractivity contribution in [2.24, 2.45) is 5.10 Å². The standard InChI is InChI=1S/C23H31ClN2O/c1-2-3-4-5-6-7-11-16-27-22-15-14-21(23(24)17-22)19-26-25-18-20-12-9-8-10-13-20/h8-10,12-15,17,19,25H,2-7,11,16,18H2,1H3. The molecule has 0 radical (unpaired) electrons. The fourth-order valence-electron chi connectivity index (χ4n) is 2.80. The third kappa shape index (κ3) is 8.96. The average molecular weight is 387 g/mol. The van der Waals surface area contributed by atoms with Gasteiger partial charge in [-0.25, -0.2) is 0 Å². The summed E-state index contributed by atoms with van der Waals surface area (Å²) in [5.74, 6) is 0.820. The summed E-state index contributed by atoms with van der Waals surface area (Å²) in [5.41, 5.74) is 5.10. The predicted molar refractivity (Wildman–Crippen MR) is 116 cm³/mol. The SMILES string of the molecule is CCCCCCCCCOc1ccc(C=NNCc2ccccc2)c(Cl)c1. The van der Waals surface area contributed by atoms with E-state index in [2.05, 4.69) is 29.6 Å². The monoisotopic (exact) mass is 386 g/mol. The quantitative estimate of drug-likeness (QED) is 0.239. The smallest absolute Gasteiger partial charge is 0.120 e. The van der Waals surface area contributed by atoms with Crippen LogP contribution >= 0.6 is 11.6 Å². The largest absolute Gasteiger partial charge is 0.494 e. The number of hydrazone groups is 1. The topological polar surface area (TPSA) is 33.6 Å². The molecule has 0 aliphatic carbocycles. The van der Waals surface area contributed by atoms with Crippen LogP contribution < -0.4 is 10.2 Å². The minimum Gasteiger partial charge on any atom is -0.494 e. The molecule has 0 heterocycles. The highest BCUT2D eigenvalue weighted by Gasteiger charge is 2.01. The third-order valence-corrected chi connectivity index (χ3v) is 4.74. The molecule has 146 valence electrons. The van der Waals surface area contributed by atoms with E-state index in [0.29, 0.717) is 11.6 Å². The Morgan fingerprint density at radius 3 is 2.44 bits per heavy atom. The molecule has 0 amide bonds. The van der Waals surface area contributed by atoms with Crippen molar-refractivity contribution in [3.05, 3.63) is 64.7 Å². The van der Waals surface area contributed by atoms with Gasteiger partial charge in [0.25, 0.3) is 0 Å². The summed E-state index contributed by atoms with van der Waals surface area (Å²) in [6, 6.07) is 15.9. The minimum atomic E-state index is 0.650. The number of hydrogen-bond acceptors (Lipinski definition) is 3. The van der Waals surface area contributed by atoms with E-state index in [0.717, 1.165) is 24.3 Å². The zero-order valence-electron chi connectivity index (χ0n) is 16.3. The van der Waals surface area contributed by atoms with Crippen LogP contribution in [0.5, 0.6) is 5.75 Å². The molecule has 0 bridgehead atoms. The zero-order valence-corrected chi connectivity index (χ0v) is 17.0. The molecular weight excluding hydrogens is 356 g/mol. The van der Waals surface area contributed by atoms with Crippen molar-refractivity contribution in [3.63, 3.8) is 0 Å². The molecule has 0 fully saturated rings. The lowest BCUT2D eigenvalue weighted by atomic mass is 10.1. The minimum absolute atomic E-state index is 0.650. The first-order valence-corrected chi connectivity index (χ1v) is 10.4. The normalized spacial score (nSPS) is 11.0. The fourth-order valence-corrected chi connectivity index (χ4v) is 3.02. The van der Waals surface area contributed by atoms with E-state index in [-0.39, 0.29) is 0 Å². The van der Waals surface area contributed by atoms with E-state index in [4.69, 9.17) is 16.3 Å². The van der Waals surface area contributed by atoms with Gasteiger partial charge in [-0.2, -0.15) is 5.10 Å². The highest BCUT2D eigenvalue weighted by atomic mass is 35.5. The maximum atomic E-state index is 6.34. The lowest BCUT2D eigenvalue weighted by Crippen LogP contribution is -2.05. The first-order chi connectivity index (χ1) is 13.3. The van der Waals surface area contributed by atoms with E-state index in [1.807, 2.05) is 36.4 Å². The number of hydrogen-bond donors (Lipinski definition) is 1. The maximum absolute atomic E-state index is 6.34. The number of nitrogens with one attached hydrogen (secondary N) is 1. The second-order valence-corrected chi connectivity index (χ2v) is 7.14. The Morgan fingerprint density at radius 2 is 1.70 bits per heavy atom. The Bertz CT molecular complexity index is 673. The summed E-state index contributed by atoms with van der Waals surface area (Å²) >= 11 is 6.34. The van der Waals surface area contributed by atoms with Crippen molar-refractivity contribution in [2.75, 3.05) is 6.61 Å². The molecule has 27 heavy (non-hydrogen) atoms. The van der Waals surface area contributed by atoms with E-state index in [1.54, 1.807) is 6.21 Å². The van der Waals surface area contributed by atoms with Gasteiger partial charge in [-0.15, -0.1) is 0 Å². The van der Waals surface area contributed by atoms with E-state index >= 15 is 0 Å². The van der Waals surface area contributed by atoms with Gasteiger partial charge in [0.15, 0.2) is 0 Å². The molecule has 0 atom stereocenters. The Labute approximate surface area is 168 Å². The van der Waals surface area contributed by atoms with Gasteiger partial charge in [-0.05, 0) is 30.2 Å². The molecule has 0 saturated heterocycles.